The molecule has 0 saturated carbocycles. The van der Waals surface area contributed by atoms with Crippen LogP contribution in [0.25, 0.3) is 99.1 Å². The van der Waals surface area contributed by atoms with Crippen molar-refractivity contribution in [1.82, 2.24) is 0 Å². The average molecular weight is 816 g/mol. The van der Waals surface area contributed by atoms with Gasteiger partial charge in [-0.1, -0.05) is 194 Å². The average Bonchev–Trinajstić information content (AvgIpc) is 3.76. The molecule has 12 aromatic rings. The molecular weight excluding hydrogens is 775 g/mol. The molecule has 0 aliphatic carbocycles. The van der Waals surface area contributed by atoms with Gasteiger partial charge in [-0.25, -0.2) is 0 Å². The van der Waals surface area contributed by atoms with E-state index in [0.717, 1.165) is 55.7 Å². The number of benzene rings is 11. The summed E-state index contributed by atoms with van der Waals surface area (Å²) in [4.78, 5) is 2.38. The molecule has 300 valence electrons. The molecular formula is C62H41NO. The molecule has 1 aromatic heterocycles. The van der Waals surface area contributed by atoms with Crippen molar-refractivity contribution in [2.75, 3.05) is 4.90 Å². The Morgan fingerprint density at radius 1 is 0.266 bits per heavy atom. The number of furan rings is 1. The number of fused-ring (bicyclic) bond motifs is 6. The van der Waals surface area contributed by atoms with Gasteiger partial charge in [0.05, 0.1) is 5.69 Å². The van der Waals surface area contributed by atoms with Crippen molar-refractivity contribution in [2.45, 2.75) is 0 Å². The van der Waals surface area contributed by atoms with Crippen LogP contribution in [0.15, 0.2) is 253 Å². The number of rotatable bonds is 8. The second-order valence-corrected chi connectivity index (χ2v) is 16.5. The lowest BCUT2D eigenvalue weighted by molar-refractivity contribution is 0.669. The summed E-state index contributed by atoms with van der Waals surface area (Å²) in [6.07, 6.45) is 0. The zero-order valence-electron chi connectivity index (χ0n) is 35.0. The molecule has 0 bridgehead atoms. The van der Waals surface area contributed by atoms with Gasteiger partial charge in [0, 0.05) is 27.7 Å². The SMILES string of the molecule is c1ccc(-c2ccc(-c3ccc(N(c4ccc(-c5ccc6c(c5)c(-c5ccc7ccccc7c5)cc5oc7ccccc7c56)cc4)c4ccccc4-c4ccccc4)cc3)cc2)cc1. The molecule has 0 unspecified atom stereocenters. The van der Waals surface area contributed by atoms with E-state index in [0.29, 0.717) is 0 Å². The van der Waals surface area contributed by atoms with Crippen LogP contribution in [-0.2, 0) is 0 Å². The monoisotopic (exact) mass is 815 g/mol. The molecule has 0 radical (unpaired) electrons. The molecule has 0 fully saturated rings. The summed E-state index contributed by atoms with van der Waals surface area (Å²) in [7, 11) is 0. The van der Waals surface area contributed by atoms with Crippen molar-refractivity contribution in [1.29, 1.82) is 0 Å². The molecule has 0 N–H and O–H groups in total. The highest BCUT2D eigenvalue weighted by Crippen LogP contribution is 2.44. The highest BCUT2D eigenvalue weighted by atomic mass is 16.3. The molecule has 1 heterocycles. The van der Waals surface area contributed by atoms with Crippen LogP contribution in [0.2, 0.25) is 0 Å². The van der Waals surface area contributed by atoms with Crippen LogP contribution in [0.3, 0.4) is 0 Å². The fourth-order valence-corrected chi connectivity index (χ4v) is 9.46. The molecule has 12 rings (SSSR count). The molecule has 0 atom stereocenters. The Morgan fingerprint density at radius 2 is 0.781 bits per heavy atom. The summed E-state index contributed by atoms with van der Waals surface area (Å²) in [5.41, 5.74) is 16.9. The summed E-state index contributed by atoms with van der Waals surface area (Å²) in [6, 6.07) is 89.6. The van der Waals surface area contributed by atoms with Gasteiger partial charge in [-0.2, -0.15) is 0 Å². The van der Waals surface area contributed by atoms with Crippen molar-refractivity contribution in [2.24, 2.45) is 0 Å². The van der Waals surface area contributed by atoms with E-state index in [4.69, 9.17) is 4.42 Å². The zero-order valence-corrected chi connectivity index (χ0v) is 35.0. The molecule has 0 amide bonds. The van der Waals surface area contributed by atoms with Crippen molar-refractivity contribution < 1.29 is 4.42 Å². The third-order valence-electron chi connectivity index (χ3n) is 12.7. The van der Waals surface area contributed by atoms with Gasteiger partial charge >= 0.3 is 0 Å². The van der Waals surface area contributed by atoms with Gasteiger partial charge < -0.3 is 9.32 Å². The van der Waals surface area contributed by atoms with Crippen molar-refractivity contribution in [3.8, 4) is 55.6 Å². The molecule has 64 heavy (non-hydrogen) atoms. The number of hydrogen-bond acceptors (Lipinski definition) is 2. The first-order valence-corrected chi connectivity index (χ1v) is 21.9. The van der Waals surface area contributed by atoms with Crippen molar-refractivity contribution >= 4 is 60.5 Å². The Morgan fingerprint density at radius 3 is 1.48 bits per heavy atom. The van der Waals surface area contributed by atoms with Crippen LogP contribution < -0.4 is 4.90 Å². The zero-order chi connectivity index (χ0) is 42.4. The predicted octanol–water partition coefficient (Wildman–Crippen LogP) is 17.7. The van der Waals surface area contributed by atoms with Crippen LogP contribution in [0.4, 0.5) is 17.1 Å². The lowest BCUT2D eigenvalue weighted by Crippen LogP contribution is -2.11. The summed E-state index contributed by atoms with van der Waals surface area (Å²) in [5, 5.41) is 7.12. The van der Waals surface area contributed by atoms with Crippen LogP contribution in [0.1, 0.15) is 0 Å². The first-order chi connectivity index (χ1) is 31.7. The second-order valence-electron chi connectivity index (χ2n) is 16.5. The van der Waals surface area contributed by atoms with Gasteiger partial charge in [-0.3, -0.25) is 0 Å². The highest BCUT2D eigenvalue weighted by Gasteiger charge is 2.19. The minimum Gasteiger partial charge on any atom is -0.456 e. The maximum absolute atomic E-state index is 6.51. The number of nitrogens with zero attached hydrogens (tertiary/aromatic N) is 1. The van der Waals surface area contributed by atoms with Gasteiger partial charge in [0.2, 0.25) is 0 Å². The van der Waals surface area contributed by atoms with E-state index in [1.807, 2.05) is 6.07 Å². The highest BCUT2D eigenvalue weighted by molar-refractivity contribution is 6.22. The lowest BCUT2D eigenvalue weighted by Gasteiger charge is -2.28. The Balaban J connectivity index is 0.957. The topological polar surface area (TPSA) is 16.4 Å². The Kier molecular flexibility index (Phi) is 9.20. The van der Waals surface area contributed by atoms with Gasteiger partial charge in [-0.05, 0) is 126 Å². The van der Waals surface area contributed by atoms with Crippen LogP contribution >= 0.6 is 0 Å². The maximum Gasteiger partial charge on any atom is 0.136 e. The summed E-state index contributed by atoms with van der Waals surface area (Å²) >= 11 is 0. The van der Waals surface area contributed by atoms with E-state index in [2.05, 4.69) is 248 Å². The minimum absolute atomic E-state index is 0.902. The van der Waals surface area contributed by atoms with Gasteiger partial charge in [0.1, 0.15) is 11.2 Å². The van der Waals surface area contributed by atoms with Crippen LogP contribution in [-0.4, -0.2) is 0 Å². The van der Waals surface area contributed by atoms with Crippen LogP contribution in [0, 0.1) is 0 Å². The molecule has 0 aliphatic rings. The van der Waals surface area contributed by atoms with Crippen molar-refractivity contribution in [3.05, 3.63) is 249 Å². The number of para-hydroxylation sites is 2. The first-order valence-electron chi connectivity index (χ1n) is 21.9. The van der Waals surface area contributed by atoms with E-state index in [-0.39, 0.29) is 0 Å². The standard InChI is InChI=1S/C62H41NO/c1-3-13-42(14-4-1)44-23-25-45(26-24-44)46-29-34-52(35-30-46)63(59-21-11-9-19-54(59)48-16-5-2-6-17-48)53-36-31-47(32-37-53)50-33-38-55-58(40-50)57(51-28-27-43-15-7-8-18-49(43)39-51)41-61-62(55)56-20-10-12-22-60(56)64-61/h1-41H. The number of anilines is 3. The molecule has 0 saturated heterocycles. The Bertz CT molecular complexity index is 3630. The summed E-state index contributed by atoms with van der Waals surface area (Å²) in [6.45, 7) is 0. The molecule has 2 heteroatoms. The first kappa shape index (κ1) is 37.3. The Labute approximate surface area is 372 Å². The van der Waals surface area contributed by atoms with E-state index >= 15 is 0 Å². The second kappa shape index (κ2) is 15.8. The van der Waals surface area contributed by atoms with E-state index in [1.54, 1.807) is 0 Å². The number of hydrogen-bond donors (Lipinski definition) is 0. The van der Waals surface area contributed by atoms with Gasteiger partial charge in [-0.15, -0.1) is 0 Å². The lowest BCUT2D eigenvalue weighted by atomic mass is 9.91. The molecule has 2 nitrogen and oxygen atoms in total. The summed E-state index contributed by atoms with van der Waals surface area (Å²) in [5.74, 6) is 0. The third kappa shape index (κ3) is 6.70. The normalized spacial score (nSPS) is 11.4. The largest absolute Gasteiger partial charge is 0.456 e. The maximum atomic E-state index is 6.51. The third-order valence-corrected chi connectivity index (χ3v) is 12.7. The van der Waals surface area contributed by atoms with Crippen LogP contribution in [0.5, 0.6) is 0 Å². The molecule has 11 aromatic carbocycles. The Hall–Kier alpha value is -8.46. The molecule has 0 spiro atoms. The van der Waals surface area contributed by atoms with Gasteiger partial charge in [0.15, 0.2) is 0 Å². The fourth-order valence-electron chi connectivity index (χ4n) is 9.46. The van der Waals surface area contributed by atoms with E-state index < -0.39 is 0 Å². The molecule has 0 aliphatic heterocycles. The predicted molar refractivity (Wildman–Crippen MR) is 271 cm³/mol. The minimum atomic E-state index is 0.902. The fraction of sp³-hybridized carbons (Fsp3) is 0. The van der Waals surface area contributed by atoms with E-state index in [9.17, 15) is 0 Å². The van der Waals surface area contributed by atoms with Gasteiger partial charge in [0.25, 0.3) is 0 Å². The van der Waals surface area contributed by atoms with Crippen molar-refractivity contribution in [3.63, 3.8) is 0 Å². The smallest absolute Gasteiger partial charge is 0.136 e. The quantitative estimate of drug-likeness (QED) is 0.152. The summed E-state index contributed by atoms with van der Waals surface area (Å²) < 4.78 is 6.51. The van der Waals surface area contributed by atoms with E-state index in [1.165, 1.54) is 60.5 Å².